The minimum Gasteiger partial charge on any atom is -0.495 e. The Balaban J connectivity index is 1.73. The van der Waals surface area contributed by atoms with Crippen molar-refractivity contribution in [2.45, 2.75) is 45.3 Å². The molecule has 0 radical (unpaired) electrons. The zero-order valence-corrected chi connectivity index (χ0v) is 16.8. The Labute approximate surface area is 164 Å². The Bertz CT molecular complexity index is 830. The van der Waals surface area contributed by atoms with E-state index in [1.165, 1.54) is 0 Å². The first kappa shape index (κ1) is 19.5. The fourth-order valence-electron chi connectivity index (χ4n) is 3.18. The average molecular weight is 393 g/mol. The van der Waals surface area contributed by atoms with E-state index in [1.54, 1.807) is 19.5 Å². The van der Waals surface area contributed by atoms with E-state index in [0.717, 1.165) is 37.0 Å². The predicted molar refractivity (Wildman–Crippen MR) is 106 cm³/mol. The number of nitrogens with zero attached hydrogens (tertiary/aromatic N) is 3. The van der Waals surface area contributed by atoms with E-state index in [-0.39, 0.29) is 12.1 Å². The number of hydrogen-bond donors (Lipinski definition) is 1. The quantitative estimate of drug-likeness (QED) is 0.856. The molecule has 1 aliphatic rings. The van der Waals surface area contributed by atoms with Gasteiger partial charge in [0.15, 0.2) is 5.65 Å². The molecular weight excluding hydrogens is 368 g/mol. The second-order valence-electron chi connectivity index (χ2n) is 7.61. The lowest BCUT2D eigenvalue weighted by Gasteiger charge is -2.35. The molecule has 0 unspecified atom stereocenters. The average Bonchev–Trinajstić information content (AvgIpc) is 2.60. The Morgan fingerprint density at radius 2 is 1.93 bits per heavy atom. The summed E-state index contributed by atoms with van der Waals surface area (Å²) in [7, 11) is 1.61. The van der Waals surface area contributed by atoms with E-state index in [9.17, 15) is 4.79 Å². The molecule has 8 heteroatoms. The summed E-state index contributed by atoms with van der Waals surface area (Å²) in [6.45, 7) is 7.09. The van der Waals surface area contributed by atoms with Crippen LogP contribution in [-0.2, 0) is 4.74 Å². The first-order valence-corrected chi connectivity index (χ1v) is 9.37. The molecule has 7 nitrogen and oxygen atoms in total. The van der Waals surface area contributed by atoms with Crippen LogP contribution in [-0.4, -0.2) is 47.9 Å². The Hall–Kier alpha value is -2.28. The maximum absolute atomic E-state index is 12.0. The summed E-state index contributed by atoms with van der Waals surface area (Å²) >= 11 is 6.46. The number of aromatic nitrogens is 2. The van der Waals surface area contributed by atoms with E-state index in [1.807, 2.05) is 26.8 Å². The number of ether oxygens (including phenoxy) is 2. The fourth-order valence-corrected chi connectivity index (χ4v) is 3.45. The van der Waals surface area contributed by atoms with Crippen LogP contribution in [0.25, 0.3) is 11.0 Å². The van der Waals surface area contributed by atoms with Crippen molar-refractivity contribution >= 4 is 34.4 Å². The van der Waals surface area contributed by atoms with Gasteiger partial charge in [-0.3, -0.25) is 0 Å². The number of hydrogen-bond acceptors (Lipinski definition) is 6. The number of piperidine rings is 1. The van der Waals surface area contributed by atoms with Gasteiger partial charge in [0.1, 0.15) is 11.4 Å². The molecule has 146 valence electrons. The minimum atomic E-state index is -0.500. The molecule has 1 saturated heterocycles. The molecule has 27 heavy (non-hydrogen) atoms. The van der Waals surface area contributed by atoms with Gasteiger partial charge in [-0.15, -0.1) is 0 Å². The molecule has 0 atom stereocenters. The Morgan fingerprint density at radius 3 is 2.56 bits per heavy atom. The molecule has 1 N–H and O–H groups in total. The molecule has 1 fully saturated rings. The second-order valence-corrected chi connectivity index (χ2v) is 8.02. The number of anilines is 1. The highest BCUT2D eigenvalue weighted by molar-refractivity contribution is 6.34. The number of carbonyl (C=O) groups excluding carboxylic acids is 1. The lowest BCUT2D eigenvalue weighted by molar-refractivity contribution is 0.0497. The van der Waals surface area contributed by atoms with Crippen LogP contribution in [0.2, 0.25) is 5.02 Å². The monoisotopic (exact) mass is 392 g/mol. The van der Waals surface area contributed by atoms with Crippen molar-refractivity contribution in [1.29, 1.82) is 0 Å². The SMILES string of the molecule is COc1cnc2ncc(Cl)c(N3CCC(NC(=O)OC(C)(C)C)CC3)c2c1. The third-order valence-electron chi connectivity index (χ3n) is 4.39. The zero-order chi connectivity index (χ0) is 19.6. The Kier molecular flexibility index (Phi) is 5.60. The second kappa shape index (κ2) is 7.76. The number of rotatable bonds is 3. The molecule has 3 rings (SSSR count). The summed E-state index contributed by atoms with van der Waals surface area (Å²) in [6, 6.07) is 1.98. The van der Waals surface area contributed by atoms with Gasteiger partial charge in [-0.25, -0.2) is 14.8 Å². The van der Waals surface area contributed by atoms with Gasteiger partial charge in [-0.1, -0.05) is 11.6 Å². The van der Waals surface area contributed by atoms with Crippen molar-refractivity contribution in [2.24, 2.45) is 0 Å². The van der Waals surface area contributed by atoms with Crippen molar-refractivity contribution in [2.75, 3.05) is 25.1 Å². The van der Waals surface area contributed by atoms with Crippen molar-refractivity contribution in [1.82, 2.24) is 15.3 Å². The number of alkyl carbamates (subject to hydrolysis) is 1. The van der Waals surface area contributed by atoms with E-state index in [0.29, 0.717) is 16.4 Å². The summed E-state index contributed by atoms with van der Waals surface area (Å²) in [5, 5.41) is 4.39. The van der Waals surface area contributed by atoms with Gasteiger partial charge in [0, 0.05) is 24.5 Å². The molecule has 2 aromatic heterocycles. The van der Waals surface area contributed by atoms with Crippen LogP contribution in [0, 0.1) is 0 Å². The van der Waals surface area contributed by atoms with Gasteiger partial charge in [0.2, 0.25) is 0 Å². The fraction of sp³-hybridized carbons (Fsp3) is 0.526. The highest BCUT2D eigenvalue weighted by Gasteiger charge is 2.26. The van der Waals surface area contributed by atoms with Gasteiger partial charge in [-0.2, -0.15) is 0 Å². The zero-order valence-electron chi connectivity index (χ0n) is 16.1. The van der Waals surface area contributed by atoms with Crippen molar-refractivity contribution in [3.63, 3.8) is 0 Å². The maximum atomic E-state index is 12.0. The molecule has 0 bridgehead atoms. The molecular formula is C19H25ClN4O3. The number of halogens is 1. The molecule has 1 amide bonds. The van der Waals surface area contributed by atoms with Gasteiger partial charge < -0.3 is 19.7 Å². The van der Waals surface area contributed by atoms with Crippen LogP contribution in [0.3, 0.4) is 0 Å². The van der Waals surface area contributed by atoms with Gasteiger partial charge in [0.25, 0.3) is 0 Å². The maximum Gasteiger partial charge on any atom is 0.407 e. The summed E-state index contributed by atoms with van der Waals surface area (Å²) in [5.41, 5.74) is 1.04. The highest BCUT2D eigenvalue weighted by atomic mass is 35.5. The first-order valence-electron chi connectivity index (χ1n) is 8.99. The summed E-state index contributed by atoms with van der Waals surface area (Å²) in [4.78, 5) is 22.8. The molecule has 1 aliphatic heterocycles. The van der Waals surface area contributed by atoms with Crippen LogP contribution < -0.4 is 15.0 Å². The van der Waals surface area contributed by atoms with E-state index < -0.39 is 5.60 Å². The number of methoxy groups -OCH3 is 1. The largest absolute Gasteiger partial charge is 0.495 e. The molecule has 2 aromatic rings. The van der Waals surface area contributed by atoms with Gasteiger partial charge in [0.05, 0.1) is 30.2 Å². The smallest absolute Gasteiger partial charge is 0.407 e. The van der Waals surface area contributed by atoms with Crippen molar-refractivity contribution < 1.29 is 14.3 Å². The van der Waals surface area contributed by atoms with Crippen LogP contribution in [0.5, 0.6) is 5.75 Å². The Morgan fingerprint density at radius 1 is 1.26 bits per heavy atom. The third-order valence-corrected chi connectivity index (χ3v) is 4.67. The van der Waals surface area contributed by atoms with Gasteiger partial charge >= 0.3 is 6.09 Å². The molecule has 0 saturated carbocycles. The highest BCUT2D eigenvalue weighted by Crippen LogP contribution is 2.35. The number of amides is 1. The van der Waals surface area contributed by atoms with Crippen LogP contribution >= 0.6 is 11.6 Å². The summed E-state index contributed by atoms with van der Waals surface area (Å²) in [5.74, 6) is 0.661. The first-order chi connectivity index (χ1) is 12.8. The van der Waals surface area contributed by atoms with E-state index in [2.05, 4.69) is 20.2 Å². The third kappa shape index (κ3) is 4.71. The lowest BCUT2D eigenvalue weighted by atomic mass is 10.0. The number of carbonyl (C=O) groups is 1. The minimum absolute atomic E-state index is 0.0793. The topological polar surface area (TPSA) is 76.6 Å². The van der Waals surface area contributed by atoms with Crippen molar-refractivity contribution in [3.05, 3.63) is 23.5 Å². The number of nitrogens with one attached hydrogen (secondary N) is 1. The molecule has 0 spiro atoms. The molecule has 3 heterocycles. The van der Waals surface area contributed by atoms with Gasteiger partial charge in [-0.05, 0) is 39.7 Å². The molecule has 0 aliphatic carbocycles. The van der Waals surface area contributed by atoms with Crippen LogP contribution in [0.4, 0.5) is 10.5 Å². The summed E-state index contributed by atoms with van der Waals surface area (Å²) in [6.07, 6.45) is 4.50. The standard InChI is InChI=1S/C19H25ClN4O3/c1-19(2,3)27-18(25)23-12-5-7-24(8-6-12)16-14-9-13(26-4)10-21-17(14)22-11-15(16)20/h9-12H,5-8H2,1-4H3,(H,23,25). The number of fused-ring (bicyclic) bond motifs is 1. The van der Waals surface area contributed by atoms with E-state index >= 15 is 0 Å². The lowest BCUT2D eigenvalue weighted by Crippen LogP contribution is -2.46. The molecule has 0 aromatic carbocycles. The van der Waals surface area contributed by atoms with Crippen LogP contribution in [0.1, 0.15) is 33.6 Å². The number of pyridine rings is 2. The van der Waals surface area contributed by atoms with E-state index in [4.69, 9.17) is 21.1 Å². The summed E-state index contributed by atoms with van der Waals surface area (Å²) < 4.78 is 10.6. The van der Waals surface area contributed by atoms with Crippen LogP contribution in [0.15, 0.2) is 18.5 Å². The predicted octanol–water partition coefficient (Wildman–Crippen LogP) is 3.79. The normalized spacial score (nSPS) is 15.7. The van der Waals surface area contributed by atoms with Crippen molar-refractivity contribution in [3.8, 4) is 5.75 Å².